The molecule has 0 aliphatic carbocycles. The molecule has 0 amide bonds. The van der Waals surface area contributed by atoms with E-state index in [1.54, 1.807) is 39.3 Å². The molecule has 0 spiro atoms. The van der Waals surface area contributed by atoms with Gasteiger partial charge >= 0.3 is 0 Å². The smallest absolute Gasteiger partial charge is 0.138 e. The van der Waals surface area contributed by atoms with Gasteiger partial charge in [0.05, 0.1) is 31.8 Å². The van der Waals surface area contributed by atoms with Gasteiger partial charge in [-0.3, -0.25) is 0 Å². The Morgan fingerprint density at radius 3 is 2.26 bits per heavy atom. The SMILES string of the molecule is COc1cc(OC)cc(OC[C@H](O)Cn2c([C@H](C)O)nc3ccccc32)c1. The second-order valence-electron chi connectivity index (χ2n) is 6.26. The molecule has 7 nitrogen and oxygen atoms in total. The first-order chi connectivity index (χ1) is 13.0. The molecule has 3 aromatic rings. The van der Waals surface area contributed by atoms with Crippen LogP contribution >= 0.6 is 0 Å². The highest BCUT2D eigenvalue weighted by atomic mass is 16.5. The largest absolute Gasteiger partial charge is 0.496 e. The normalized spacial score (nSPS) is 13.4. The van der Waals surface area contributed by atoms with E-state index < -0.39 is 12.2 Å². The number of benzene rings is 2. The number of aliphatic hydroxyl groups excluding tert-OH is 2. The predicted molar refractivity (Wildman–Crippen MR) is 101 cm³/mol. The summed E-state index contributed by atoms with van der Waals surface area (Å²) in [5.74, 6) is 2.27. The second kappa shape index (κ2) is 8.28. The lowest BCUT2D eigenvalue weighted by Gasteiger charge is -2.17. The Labute approximate surface area is 157 Å². The van der Waals surface area contributed by atoms with Crippen LogP contribution in [0.5, 0.6) is 17.2 Å². The van der Waals surface area contributed by atoms with Gasteiger partial charge < -0.3 is 29.0 Å². The van der Waals surface area contributed by atoms with E-state index in [0.717, 1.165) is 11.0 Å². The number of rotatable bonds is 8. The van der Waals surface area contributed by atoms with Crippen molar-refractivity contribution >= 4 is 11.0 Å². The fraction of sp³-hybridized carbons (Fsp3) is 0.350. The van der Waals surface area contributed by atoms with Crippen LogP contribution in [0.3, 0.4) is 0 Å². The van der Waals surface area contributed by atoms with E-state index in [0.29, 0.717) is 23.1 Å². The zero-order valence-corrected chi connectivity index (χ0v) is 15.6. The lowest BCUT2D eigenvalue weighted by molar-refractivity contribution is 0.0892. The minimum atomic E-state index is -0.794. The summed E-state index contributed by atoms with van der Waals surface area (Å²) in [6.45, 7) is 1.98. The summed E-state index contributed by atoms with van der Waals surface area (Å²) < 4.78 is 18.0. The van der Waals surface area contributed by atoms with Gasteiger partial charge in [0.2, 0.25) is 0 Å². The zero-order valence-electron chi connectivity index (χ0n) is 15.6. The van der Waals surface area contributed by atoms with Crippen LogP contribution in [-0.2, 0) is 6.54 Å². The molecule has 2 aromatic carbocycles. The van der Waals surface area contributed by atoms with Crippen molar-refractivity contribution in [2.45, 2.75) is 25.7 Å². The Hall–Kier alpha value is -2.77. The number of methoxy groups -OCH3 is 2. The number of para-hydroxylation sites is 2. The van der Waals surface area contributed by atoms with Gasteiger partial charge in [-0.1, -0.05) is 12.1 Å². The van der Waals surface area contributed by atoms with Crippen LogP contribution < -0.4 is 14.2 Å². The molecular formula is C20H24N2O5. The molecule has 2 N–H and O–H groups in total. The molecule has 0 radical (unpaired) electrons. The van der Waals surface area contributed by atoms with E-state index in [9.17, 15) is 10.2 Å². The first-order valence-electron chi connectivity index (χ1n) is 8.69. The average molecular weight is 372 g/mol. The maximum atomic E-state index is 10.5. The molecular weight excluding hydrogens is 348 g/mol. The van der Waals surface area contributed by atoms with Crippen molar-refractivity contribution in [1.82, 2.24) is 9.55 Å². The molecule has 0 aliphatic heterocycles. The molecule has 0 bridgehead atoms. The fourth-order valence-electron chi connectivity index (χ4n) is 2.93. The highest BCUT2D eigenvalue weighted by Gasteiger charge is 2.17. The number of fused-ring (bicyclic) bond motifs is 1. The summed E-state index contributed by atoms with van der Waals surface area (Å²) in [7, 11) is 3.13. The highest BCUT2D eigenvalue weighted by Crippen LogP contribution is 2.27. The van der Waals surface area contributed by atoms with E-state index in [2.05, 4.69) is 4.98 Å². The number of aliphatic hydroxyl groups is 2. The van der Waals surface area contributed by atoms with Gasteiger partial charge in [-0.15, -0.1) is 0 Å². The average Bonchev–Trinajstić information content (AvgIpc) is 3.05. The monoisotopic (exact) mass is 372 g/mol. The molecule has 0 aliphatic rings. The van der Waals surface area contributed by atoms with Gasteiger partial charge in [0.1, 0.15) is 41.9 Å². The number of hydrogen-bond acceptors (Lipinski definition) is 6. The standard InChI is InChI=1S/C20H24N2O5/c1-13(23)20-21-18-6-4-5-7-19(18)22(20)11-14(24)12-27-17-9-15(25-2)8-16(10-17)26-3/h4-10,13-14,23-24H,11-12H2,1-3H3/t13-,14+/m0/s1. The number of aromatic nitrogens is 2. The minimum absolute atomic E-state index is 0.0715. The molecule has 0 saturated carbocycles. The molecule has 0 fully saturated rings. The first kappa shape index (κ1) is 19.0. The zero-order chi connectivity index (χ0) is 19.4. The predicted octanol–water partition coefficient (Wildman–Crippen LogP) is 2.55. The van der Waals surface area contributed by atoms with Gasteiger partial charge in [-0.2, -0.15) is 0 Å². The molecule has 1 aromatic heterocycles. The third-order valence-electron chi connectivity index (χ3n) is 4.22. The lowest BCUT2D eigenvalue weighted by atomic mass is 10.3. The van der Waals surface area contributed by atoms with Crippen molar-refractivity contribution in [3.8, 4) is 17.2 Å². The van der Waals surface area contributed by atoms with E-state index in [1.807, 2.05) is 28.8 Å². The van der Waals surface area contributed by atoms with Crippen LogP contribution in [0.1, 0.15) is 18.9 Å². The molecule has 27 heavy (non-hydrogen) atoms. The van der Waals surface area contributed by atoms with Crippen molar-refractivity contribution in [1.29, 1.82) is 0 Å². The van der Waals surface area contributed by atoms with Crippen LogP contribution in [0, 0.1) is 0 Å². The van der Waals surface area contributed by atoms with Crippen molar-refractivity contribution in [3.05, 3.63) is 48.3 Å². The van der Waals surface area contributed by atoms with Gasteiger partial charge in [0.25, 0.3) is 0 Å². The molecule has 0 saturated heterocycles. The van der Waals surface area contributed by atoms with Crippen LogP contribution in [0.15, 0.2) is 42.5 Å². The minimum Gasteiger partial charge on any atom is -0.496 e. The second-order valence-corrected chi connectivity index (χ2v) is 6.26. The molecule has 1 heterocycles. The number of imidazole rings is 1. The topological polar surface area (TPSA) is 86.0 Å². The van der Waals surface area contributed by atoms with Crippen molar-refractivity contribution in [2.75, 3.05) is 20.8 Å². The Balaban J connectivity index is 1.74. The highest BCUT2D eigenvalue weighted by molar-refractivity contribution is 5.76. The van der Waals surface area contributed by atoms with Crippen molar-refractivity contribution < 1.29 is 24.4 Å². The Morgan fingerprint density at radius 2 is 1.63 bits per heavy atom. The molecule has 3 rings (SSSR count). The fourth-order valence-corrected chi connectivity index (χ4v) is 2.93. The third kappa shape index (κ3) is 4.32. The molecule has 144 valence electrons. The molecule has 2 atom stereocenters. The van der Waals surface area contributed by atoms with E-state index >= 15 is 0 Å². The summed E-state index contributed by atoms with van der Waals surface area (Å²) in [4.78, 5) is 4.46. The van der Waals surface area contributed by atoms with E-state index in [-0.39, 0.29) is 13.2 Å². The first-order valence-corrected chi connectivity index (χ1v) is 8.69. The summed E-state index contributed by atoms with van der Waals surface area (Å²) in [6, 6.07) is 12.8. The maximum Gasteiger partial charge on any atom is 0.138 e. The van der Waals surface area contributed by atoms with Crippen molar-refractivity contribution in [2.24, 2.45) is 0 Å². The van der Waals surface area contributed by atoms with Crippen molar-refractivity contribution in [3.63, 3.8) is 0 Å². The summed E-state index contributed by atoms with van der Waals surface area (Å²) >= 11 is 0. The maximum absolute atomic E-state index is 10.5. The Morgan fingerprint density at radius 1 is 1.00 bits per heavy atom. The summed E-state index contributed by atoms with van der Waals surface area (Å²) in [5.41, 5.74) is 1.63. The van der Waals surface area contributed by atoms with E-state index in [4.69, 9.17) is 14.2 Å². The van der Waals surface area contributed by atoms with Crippen LogP contribution in [0.4, 0.5) is 0 Å². The van der Waals surface area contributed by atoms with Gasteiger partial charge in [0, 0.05) is 18.2 Å². The number of nitrogens with zero attached hydrogens (tertiary/aromatic N) is 2. The van der Waals surface area contributed by atoms with E-state index in [1.165, 1.54) is 0 Å². The summed E-state index contributed by atoms with van der Waals surface area (Å²) in [6.07, 6.45) is -1.54. The van der Waals surface area contributed by atoms with Gasteiger partial charge in [-0.25, -0.2) is 4.98 Å². The number of hydrogen-bond donors (Lipinski definition) is 2. The van der Waals surface area contributed by atoms with Crippen LogP contribution in [0.25, 0.3) is 11.0 Å². The Bertz CT molecular complexity index is 884. The molecule has 0 unspecified atom stereocenters. The van der Waals surface area contributed by atoms with Crippen LogP contribution in [-0.4, -0.2) is 46.7 Å². The summed E-state index contributed by atoms with van der Waals surface area (Å²) in [5, 5.41) is 20.5. The van der Waals surface area contributed by atoms with Gasteiger partial charge in [-0.05, 0) is 19.1 Å². The quantitative estimate of drug-likeness (QED) is 0.632. The molecule has 7 heteroatoms. The third-order valence-corrected chi connectivity index (χ3v) is 4.22. The number of ether oxygens (including phenoxy) is 3. The Kier molecular flexibility index (Phi) is 5.83. The van der Waals surface area contributed by atoms with Crippen LogP contribution in [0.2, 0.25) is 0 Å². The lowest BCUT2D eigenvalue weighted by Crippen LogP contribution is -2.25. The van der Waals surface area contributed by atoms with Gasteiger partial charge in [0.15, 0.2) is 0 Å².